The van der Waals surface area contributed by atoms with Gasteiger partial charge in [-0.25, -0.2) is 0 Å². The highest BCUT2D eigenvalue weighted by Gasteiger charge is 2.41. The summed E-state index contributed by atoms with van der Waals surface area (Å²) in [5, 5.41) is 6.68. The molecule has 0 saturated carbocycles. The Balaban J connectivity index is 0.00000180. The molecule has 1 amide bonds. The minimum Gasteiger partial charge on any atom is -0.369 e. The van der Waals surface area contributed by atoms with E-state index >= 15 is 0 Å². The first-order chi connectivity index (χ1) is 12.7. The molecule has 1 aromatic heterocycles. The number of benzene rings is 1. The minimum atomic E-state index is -0.161. The molecule has 5 rings (SSSR count). The molecule has 0 radical (unpaired) electrons. The van der Waals surface area contributed by atoms with Crippen molar-refractivity contribution in [2.75, 3.05) is 19.7 Å². The monoisotopic (exact) mass is 404 g/mol. The Morgan fingerprint density at radius 2 is 1.85 bits per heavy atom. The van der Waals surface area contributed by atoms with Crippen molar-refractivity contribution < 1.29 is 9.53 Å². The number of amides is 1. The quantitative estimate of drug-likeness (QED) is 0.808. The highest BCUT2D eigenvalue weighted by Crippen LogP contribution is 2.44. The number of carbonyl (C=O) groups excluding carboxylic acids is 1. The van der Waals surface area contributed by atoms with Gasteiger partial charge in [0.15, 0.2) is 0 Å². The molecule has 0 unspecified atom stereocenters. The molecule has 144 valence electrons. The maximum atomic E-state index is 12.9. The van der Waals surface area contributed by atoms with Gasteiger partial charge in [-0.1, -0.05) is 24.3 Å². The summed E-state index contributed by atoms with van der Waals surface area (Å²) in [6.45, 7) is 2.74. The van der Waals surface area contributed by atoms with Crippen LogP contribution in [-0.4, -0.2) is 31.6 Å². The zero-order valence-electron chi connectivity index (χ0n) is 15.3. The van der Waals surface area contributed by atoms with E-state index in [9.17, 15) is 4.79 Å². The van der Waals surface area contributed by atoms with Gasteiger partial charge in [0.05, 0.1) is 11.5 Å². The molecule has 2 N–H and O–H groups in total. The van der Waals surface area contributed by atoms with Gasteiger partial charge in [0.1, 0.15) is 5.60 Å². The topological polar surface area (TPSA) is 50.4 Å². The second-order valence-electron chi connectivity index (χ2n) is 7.66. The molecule has 1 spiro atoms. The van der Waals surface area contributed by atoms with Gasteiger partial charge in [-0.15, -0.1) is 23.7 Å². The van der Waals surface area contributed by atoms with E-state index < -0.39 is 0 Å². The average Bonchev–Trinajstić information content (AvgIpc) is 3.27. The Hall–Kier alpha value is -1.40. The number of halogens is 1. The Labute approximate surface area is 170 Å². The van der Waals surface area contributed by atoms with Crippen molar-refractivity contribution in [2.45, 2.75) is 43.7 Å². The molecule has 2 aromatic rings. The van der Waals surface area contributed by atoms with Gasteiger partial charge >= 0.3 is 0 Å². The van der Waals surface area contributed by atoms with Crippen LogP contribution in [0.3, 0.4) is 0 Å². The minimum absolute atomic E-state index is 0. The van der Waals surface area contributed by atoms with Crippen LogP contribution in [0.1, 0.15) is 44.1 Å². The summed E-state index contributed by atoms with van der Waals surface area (Å²) >= 11 is 1.65. The van der Waals surface area contributed by atoms with E-state index in [2.05, 4.69) is 41.0 Å². The number of hydrogen-bond acceptors (Lipinski definition) is 4. The SMILES string of the molecule is Cl.O=C(NC1Cc2ccccc2C1)c1cc2c(s1)C1(CCNCC1)OCC2. The smallest absolute Gasteiger partial charge is 0.261 e. The maximum absolute atomic E-state index is 12.9. The summed E-state index contributed by atoms with van der Waals surface area (Å²) in [6.07, 6.45) is 4.79. The van der Waals surface area contributed by atoms with Crippen LogP contribution in [0.5, 0.6) is 0 Å². The number of fused-ring (bicyclic) bond motifs is 3. The number of thiophene rings is 1. The molecule has 3 aliphatic rings. The van der Waals surface area contributed by atoms with Crippen LogP contribution in [0.15, 0.2) is 30.3 Å². The van der Waals surface area contributed by atoms with Gasteiger partial charge in [-0.2, -0.15) is 0 Å². The van der Waals surface area contributed by atoms with Crippen molar-refractivity contribution in [2.24, 2.45) is 0 Å². The molecule has 3 heterocycles. The standard InChI is InChI=1S/C21H24N2O2S.ClH/c24-20(23-17-11-14-3-1-2-4-15(14)12-17)18-13-16-5-10-25-21(19(16)26-18)6-8-22-9-7-21;/h1-4,13,17,22H,5-12H2,(H,23,24);1H. The first-order valence-corrected chi connectivity index (χ1v) is 10.4. The van der Waals surface area contributed by atoms with E-state index in [1.807, 2.05) is 0 Å². The molecule has 0 bridgehead atoms. The first kappa shape index (κ1) is 18.9. The number of ether oxygens (including phenoxy) is 1. The normalized spacial score (nSPS) is 20.6. The molecule has 2 aliphatic heterocycles. The first-order valence-electron chi connectivity index (χ1n) is 9.59. The number of hydrogen-bond donors (Lipinski definition) is 2. The van der Waals surface area contributed by atoms with Gasteiger partial charge in [-0.05, 0) is 68.0 Å². The van der Waals surface area contributed by atoms with Crippen LogP contribution in [0.25, 0.3) is 0 Å². The van der Waals surface area contributed by atoms with Crippen LogP contribution >= 0.6 is 23.7 Å². The molecule has 1 saturated heterocycles. The lowest BCUT2D eigenvalue weighted by molar-refractivity contribution is -0.0771. The van der Waals surface area contributed by atoms with Crippen LogP contribution in [0.2, 0.25) is 0 Å². The lowest BCUT2D eigenvalue weighted by atomic mass is 9.86. The van der Waals surface area contributed by atoms with Crippen molar-refractivity contribution in [3.63, 3.8) is 0 Å². The fourth-order valence-electron chi connectivity index (χ4n) is 4.65. The summed E-state index contributed by atoms with van der Waals surface area (Å²) < 4.78 is 6.24. The fourth-order valence-corrected chi connectivity index (χ4v) is 5.97. The number of rotatable bonds is 2. The summed E-state index contributed by atoms with van der Waals surface area (Å²) in [6, 6.07) is 10.8. The van der Waals surface area contributed by atoms with E-state index in [1.165, 1.54) is 21.6 Å². The van der Waals surface area contributed by atoms with Crippen LogP contribution < -0.4 is 10.6 Å². The summed E-state index contributed by atoms with van der Waals surface area (Å²) in [7, 11) is 0. The van der Waals surface area contributed by atoms with Crippen LogP contribution in [0, 0.1) is 0 Å². The van der Waals surface area contributed by atoms with Crippen molar-refractivity contribution in [3.8, 4) is 0 Å². The fraction of sp³-hybridized carbons (Fsp3) is 0.476. The molecule has 1 aromatic carbocycles. The molecule has 1 fully saturated rings. The average molecular weight is 405 g/mol. The van der Waals surface area contributed by atoms with E-state index in [-0.39, 0.29) is 30.0 Å². The zero-order valence-corrected chi connectivity index (χ0v) is 16.9. The number of carbonyl (C=O) groups is 1. The van der Waals surface area contributed by atoms with Gasteiger partial charge in [0.2, 0.25) is 0 Å². The van der Waals surface area contributed by atoms with Gasteiger partial charge in [0.25, 0.3) is 5.91 Å². The van der Waals surface area contributed by atoms with E-state index in [0.29, 0.717) is 0 Å². The van der Waals surface area contributed by atoms with E-state index in [1.54, 1.807) is 11.3 Å². The Morgan fingerprint density at radius 3 is 2.56 bits per heavy atom. The predicted octanol–water partition coefficient (Wildman–Crippen LogP) is 3.22. The van der Waals surface area contributed by atoms with Crippen LogP contribution in [-0.2, 0) is 29.6 Å². The lowest BCUT2D eigenvalue weighted by Gasteiger charge is -2.40. The predicted molar refractivity (Wildman–Crippen MR) is 110 cm³/mol. The molecule has 27 heavy (non-hydrogen) atoms. The molecule has 1 aliphatic carbocycles. The summed E-state index contributed by atoms with van der Waals surface area (Å²) in [4.78, 5) is 15.0. The summed E-state index contributed by atoms with van der Waals surface area (Å²) in [5.41, 5.74) is 3.89. The Morgan fingerprint density at radius 1 is 1.15 bits per heavy atom. The van der Waals surface area contributed by atoms with Crippen molar-refractivity contribution in [1.29, 1.82) is 0 Å². The molecule has 6 heteroatoms. The largest absolute Gasteiger partial charge is 0.369 e. The van der Waals surface area contributed by atoms with E-state index in [0.717, 1.165) is 56.7 Å². The maximum Gasteiger partial charge on any atom is 0.261 e. The van der Waals surface area contributed by atoms with Gasteiger partial charge < -0.3 is 15.4 Å². The van der Waals surface area contributed by atoms with Crippen LogP contribution in [0.4, 0.5) is 0 Å². The molecule has 4 nitrogen and oxygen atoms in total. The van der Waals surface area contributed by atoms with Gasteiger partial charge in [0, 0.05) is 10.9 Å². The number of nitrogens with one attached hydrogen (secondary N) is 2. The third-order valence-corrected chi connectivity index (χ3v) is 7.36. The highest BCUT2D eigenvalue weighted by molar-refractivity contribution is 7.14. The summed E-state index contributed by atoms with van der Waals surface area (Å²) in [5.74, 6) is 0.0753. The molecule has 0 atom stereocenters. The molecular weight excluding hydrogens is 380 g/mol. The third-order valence-electron chi connectivity index (χ3n) is 5.99. The third kappa shape index (κ3) is 3.42. The van der Waals surface area contributed by atoms with Crippen molar-refractivity contribution >= 4 is 29.7 Å². The second kappa shape index (κ2) is 7.55. The van der Waals surface area contributed by atoms with Crippen molar-refractivity contribution in [3.05, 3.63) is 56.8 Å². The zero-order chi connectivity index (χ0) is 17.6. The molecular formula is C21H25ClN2O2S. The van der Waals surface area contributed by atoms with Crippen molar-refractivity contribution in [1.82, 2.24) is 10.6 Å². The lowest BCUT2D eigenvalue weighted by Crippen LogP contribution is -2.44. The Bertz CT molecular complexity index is 819. The second-order valence-corrected chi connectivity index (χ2v) is 8.71. The Kier molecular flexibility index (Phi) is 5.30. The van der Waals surface area contributed by atoms with Gasteiger partial charge in [-0.3, -0.25) is 4.79 Å². The highest BCUT2D eigenvalue weighted by atomic mass is 35.5. The number of piperidine rings is 1. The van der Waals surface area contributed by atoms with E-state index in [4.69, 9.17) is 4.74 Å².